The first-order valence-electron chi connectivity index (χ1n) is 6.15. The summed E-state index contributed by atoms with van der Waals surface area (Å²) in [5.41, 5.74) is 9.08. The average Bonchev–Trinajstić information content (AvgIpc) is 2.62. The van der Waals surface area contributed by atoms with E-state index in [9.17, 15) is 0 Å². The highest BCUT2D eigenvalue weighted by molar-refractivity contribution is 7.98. The van der Waals surface area contributed by atoms with Crippen LogP contribution in [-0.2, 0) is 12.8 Å². The highest BCUT2D eigenvalue weighted by Gasteiger charge is 2.11. The van der Waals surface area contributed by atoms with Crippen molar-refractivity contribution in [3.63, 3.8) is 0 Å². The van der Waals surface area contributed by atoms with E-state index in [1.165, 1.54) is 4.90 Å². The Labute approximate surface area is 123 Å². The molecule has 2 N–H and O–H groups in total. The van der Waals surface area contributed by atoms with Gasteiger partial charge in [-0.25, -0.2) is 0 Å². The van der Waals surface area contributed by atoms with Gasteiger partial charge in [-0.15, -0.1) is 11.8 Å². The van der Waals surface area contributed by atoms with Gasteiger partial charge in [0.15, 0.2) is 0 Å². The fourth-order valence-electron chi connectivity index (χ4n) is 1.86. The Morgan fingerprint density at radius 3 is 2.47 bits per heavy atom. The summed E-state index contributed by atoms with van der Waals surface area (Å²) in [5, 5.41) is 5.03. The first kappa shape index (κ1) is 14.4. The monoisotopic (exact) mass is 295 g/mol. The van der Waals surface area contributed by atoms with Crippen LogP contribution in [0.2, 0.25) is 5.15 Å². The van der Waals surface area contributed by atoms with Crippen LogP contribution in [-0.4, -0.2) is 9.78 Å². The normalized spacial score (nSPS) is 12.7. The van der Waals surface area contributed by atoms with Gasteiger partial charge in [0, 0.05) is 29.3 Å². The zero-order valence-electron chi connectivity index (χ0n) is 11.4. The fourth-order valence-corrected chi connectivity index (χ4v) is 3.17. The van der Waals surface area contributed by atoms with Crippen LogP contribution in [0.3, 0.4) is 0 Å². The molecule has 0 radical (unpaired) electrons. The number of hydrogen-bond acceptors (Lipinski definition) is 3. The molecule has 0 aliphatic carbocycles. The quantitative estimate of drug-likeness (QED) is 0.875. The highest BCUT2D eigenvalue weighted by Crippen LogP contribution is 2.29. The van der Waals surface area contributed by atoms with Gasteiger partial charge in [0.1, 0.15) is 5.15 Å². The van der Waals surface area contributed by atoms with Crippen LogP contribution in [0.15, 0.2) is 29.2 Å². The summed E-state index contributed by atoms with van der Waals surface area (Å²) >= 11 is 7.97. The summed E-state index contributed by atoms with van der Waals surface area (Å²) < 4.78 is 1.71. The lowest BCUT2D eigenvalue weighted by atomic mass is 10.1. The Hall–Kier alpha value is -0.970. The molecule has 2 rings (SSSR count). The minimum atomic E-state index is 0.0778. The third-order valence-electron chi connectivity index (χ3n) is 3.06. The van der Waals surface area contributed by atoms with E-state index in [2.05, 4.69) is 29.4 Å². The summed E-state index contributed by atoms with van der Waals surface area (Å²) in [6, 6.07) is 8.43. The van der Waals surface area contributed by atoms with Crippen LogP contribution < -0.4 is 5.73 Å². The summed E-state index contributed by atoms with van der Waals surface area (Å²) in [6.07, 6.45) is 0. The van der Waals surface area contributed by atoms with Crippen molar-refractivity contribution in [1.82, 2.24) is 9.78 Å². The Morgan fingerprint density at radius 2 is 2.00 bits per heavy atom. The molecule has 5 heteroatoms. The first-order chi connectivity index (χ1) is 8.99. The van der Waals surface area contributed by atoms with Crippen LogP contribution in [0, 0.1) is 6.92 Å². The van der Waals surface area contributed by atoms with E-state index in [1.54, 1.807) is 16.4 Å². The lowest BCUT2D eigenvalue weighted by Gasteiger charge is -2.07. The highest BCUT2D eigenvalue weighted by atomic mass is 35.5. The first-order valence-corrected chi connectivity index (χ1v) is 7.51. The molecule has 1 unspecified atom stereocenters. The Balaban J connectivity index is 2.06. The van der Waals surface area contributed by atoms with E-state index >= 15 is 0 Å². The third kappa shape index (κ3) is 3.32. The van der Waals surface area contributed by atoms with Crippen molar-refractivity contribution in [2.24, 2.45) is 12.8 Å². The molecule has 1 aromatic heterocycles. The van der Waals surface area contributed by atoms with E-state index in [1.807, 2.05) is 20.9 Å². The van der Waals surface area contributed by atoms with E-state index in [0.717, 1.165) is 27.7 Å². The van der Waals surface area contributed by atoms with Crippen molar-refractivity contribution in [2.45, 2.75) is 30.5 Å². The number of nitrogens with two attached hydrogens (primary N) is 1. The molecule has 1 atom stereocenters. The molecule has 3 nitrogen and oxygen atoms in total. The molecule has 0 fully saturated rings. The largest absolute Gasteiger partial charge is 0.324 e. The third-order valence-corrected chi connectivity index (χ3v) is 4.57. The molecule has 0 amide bonds. The van der Waals surface area contributed by atoms with Gasteiger partial charge in [0.2, 0.25) is 0 Å². The van der Waals surface area contributed by atoms with Gasteiger partial charge in [-0.1, -0.05) is 23.7 Å². The molecule has 0 saturated carbocycles. The molecular weight excluding hydrogens is 278 g/mol. The lowest BCUT2D eigenvalue weighted by molar-refractivity contribution is 0.757. The second-order valence-corrected chi connectivity index (χ2v) is 6.03. The van der Waals surface area contributed by atoms with Gasteiger partial charge < -0.3 is 5.73 Å². The fraction of sp³-hybridized carbons (Fsp3) is 0.357. The van der Waals surface area contributed by atoms with Crippen LogP contribution in [0.4, 0.5) is 0 Å². The van der Waals surface area contributed by atoms with Gasteiger partial charge in [-0.3, -0.25) is 4.68 Å². The van der Waals surface area contributed by atoms with Crippen molar-refractivity contribution in [2.75, 3.05) is 0 Å². The van der Waals surface area contributed by atoms with Crippen molar-refractivity contribution in [3.05, 3.63) is 46.2 Å². The summed E-state index contributed by atoms with van der Waals surface area (Å²) in [6.45, 7) is 3.97. The van der Waals surface area contributed by atoms with Gasteiger partial charge >= 0.3 is 0 Å². The van der Waals surface area contributed by atoms with E-state index < -0.39 is 0 Å². The molecule has 0 aliphatic heterocycles. The number of hydrogen-bond donors (Lipinski definition) is 1. The molecule has 0 aliphatic rings. The molecule has 0 spiro atoms. The maximum absolute atomic E-state index is 6.22. The van der Waals surface area contributed by atoms with E-state index in [4.69, 9.17) is 17.3 Å². The number of rotatable bonds is 4. The second-order valence-electron chi connectivity index (χ2n) is 4.62. The summed E-state index contributed by atoms with van der Waals surface area (Å²) in [5.74, 6) is 0.829. The van der Waals surface area contributed by atoms with Crippen LogP contribution in [0.25, 0.3) is 0 Å². The SMILES string of the molecule is Cc1nn(C)c(Cl)c1CSc1ccc(C(C)N)cc1. The molecular formula is C14H18ClN3S. The predicted molar refractivity (Wildman–Crippen MR) is 81.6 cm³/mol. The smallest absolute Gasteiger partial charge is 0.131 e. The molecule has 0 saturated heterocycles. The Morgan fingerprint density at radius 1 is 1.37 bits per heavy atom. The zero-order valence-corrected chi connectivity index (χ0v) is 12.9. The average molecular weight is 296 g/mol. The number of halogens is 1. The van der Waals surface area contributed by atoms with Crippen LogP contribution >= 0.6 is 23.4 Å². The van der Waals surface area contributed by atoms with Gasteiger partial charge in [0.25, 0.3) is 0 Å². The maximum Gasteiger partial charge on any atom is 0.131 e. The Bertz CT molecular complexity index is 561. The van der Waals surface area contributed by atoms with Gasteiger partial charge in [-0.05, 0) is 31.5 Å². The molecule has 1 aromatic carbocycles. The standard InChI is InChI=1S/C14H18ClN3S/c1-9(16)11-4-6-12(7-5-11)19-8-13-10(2)17-18(3)14(13)15/h4-7,9H,8,16H2,1-3H3. The van der Waals surface area contributed by atoms with E-state index in [0.29, 0.717) is 0 Å². The molecule has 19 heavy (non-hydrogen) atoms. The minimum Gasteiger partial charge on any atom is -0.324 e. The van der Waals surface area contributed by atoms with E-state index in [-0.39, 0.29) is 6.04 Å². The van der Waals surface area contributed by atoms with Crippen LogP contribution in [0.1, 0.15) is 29.8 Å². The van der Waals surface area contributed by atoms with Crippen molar-refractivity contribution in [1.29, 1.82) is 0 Å². The molecule has 1 heterocycles. The van der Waals surface area contributed by atoms with Gasteiger partial charge in [-0.2, -0.15) is 5.10 Å². The molecule has 102 valence electrons. The topological polar surface area (TPSA) is 43.8 Å². The second kappa shape index (κ2) is 5.99. The van der Waals surface area contributed by atoms with Crippen molar-refractivity contribution < 1.29 is 0 Å². The summed E-state index contributed by atoms with van der Waals surface area (Å²) in [7, 11) is 1.86. The zero-order chi connectivity index (χ0) is 14.0. The number of aryl methyl sites for hydroxylation is 2. The number of aromatic nitrogens is 2. The van der Waals surface area contributed by atoms with Crippen molar-refractivity contribution >= 4 is 23.4 Å². The summed E-state index contributed by atoms with van der Waals surface area (Å²) in [4.78, 5) is 1.21. The number of benzene rings is 1. The minimum absolute atomic E-state index is 0.0778. The predicted octanol–water partition coefficient (Wildman–Crippen LogP) is 3.69. The molecule has 2 aromatic rings. The van der Waals surface area contributed by atoms with Gasteiger partial charge in [0.05, 0.1) is 5.69 Å². The Kier molecular flexibility index (Phi) is 4.55. The number of thioether (sulfide) groups is 1. The van der Waals surface area contributed by atoms with Crippen LogP contribution in [0.5, 0.6) is 0 Å². The number of nitrogens with zero attached hydrogens (tertiary/aromatic N) is 2. The maximum atomic E-state index is 6.22. The van der Waals surface area contributed by atoms with Crippen molar-refractivity contribution in [3.8, 4) is 0 Å². The molecule has 0 bridgehead atoms. The lowest BCUT2D eigenvalue weighted by Crippen LogP contribution is -2.04.